The first-order valence-corrected chi connectivity index (χ1v) is 8.57. The molecule has 5 heterocycles. The van der Waals surface area contributed by atoms with Gasteiger partial charge in [0.15, 0.2) is 17.3 Å². The van der Waals surface area contributed by atoms with Crippen LogP contribution in [0.4, 0.5) is 5.82 Å². The molecule has 2 aliphatic rings. The molecule has 0 radical (unpaired) electrons. The van der Waals surface area contributed by atoms with Gasteiger partial charge in [0.2, 0.25) is 0 Å². The third-order valence-electron chi connectivity index (χ3n) is 5.38. The number of rotatable bonds is 3. The lowest BCUT2D eigenvalue weighted by Gasteiger charge is -2.40. The van der Waals surface area contributed by atoms with Gasteiger partial charge in [-0.05, 0) is 20.3 Å². The normalized spacial score (nSPS) is 21.1. The molecule has 0 unspecified atom stereocenters. The molecule has 2 aliphatic heterocycles. The van der Waals surface area contributed by atoms with Gasteiger partial charge in [0, 0.05) is 50.2 Å². The molecule has 1 atom stereocenters. The summed E-state index contributed by atoms with van der Waals surface area (Å²) in [6.07, 6.45) is 9.07. The summed E-state index contributed by atoms with van der Waals surface area (Å²) in [5.41, 5.74) is 3.15. The van der Waals surface area contributed by atoms with Crippen molar-refractivity contribution in [2.75, 3.05) is 24.5 Å². The Morgan fingerprint density at radius 2 is 2.08 bits per heavy atom. The van der Waals surface area contributed by atoms with E-state index in [1.807, 2.05) is 18.7 Å². The van der Waals surface area contributed by atoms with Crippen molar-refractivity contribution in [3.63, 3.8) is 0 Å². The Labute approximate surface area is 140 Å². The number of aryl methyl sites for hydroxylation is 1. The molecular formula is C17H21N7. The van der Waals surface area contributed by atoms with Crippen molar-refractivity contribution in [1.82, 2.24) is 29.2 Å². The predicted octanol–water partition coefficient (Wildman–Crippen LogP) is 1.51. The van der Waals surface area contributed by atoms with Crippen molar-refractivity contribution in [3.05, 3.63) is 36.3 Å². The van der Waals surface area contributed by atoms with E-state index in [9.17, 15) is 0 Å². The van der Waals surface area contributed by atoms with Crippen molar-refractivity contribution in [2.45, 2.75) is 32.2 Å². The van der Waals surface area contributed by atoms with Crippen molar-refractivity contribution in [3.8, 4) is 5.82 Å². The van der Waals surface area contributed by atoms with Crippen molar-refractivity contribution in [2.24, 2.45) is 0 Å². The average Bonchev–Trinajstić information content (AvgIpc) is 3.16. The number of fused-ring (bicyclic) bond motifs is 1. The fourth-order valence-corrected chi connectivity index (χ4v) is 3.51. The van der Waals surface area contributed by atoms with Gasteiger partial charge in [0.25, 0.3) is 0 Å². The summed E-state index contributed by atoms with van der Waals surface area (Å²) in [5, 5.41) is 3.30. The Balaban J connectivity index is 1.64. The third-order valence-corrected chi connectivity index (χ3v) is 5.38. The fraction of sp³-hybridized carbons (Fsp3) is 0.471. The number of aromatic nitrogens is 5. The van der Waals surface area contributed by atoms with Crippen molar-refractivity contribution >= 4 is 11.5 Å². The molecule has 3 aromatic rings. The smallest absolute Gasteiger partial charge is 0.180 e. The first-order valence-electron chi connectivity index (χ1n) is 8.57. The van der Waals surface area contributed by atoms with E-state index < -0.39 is 0 Å². The zero-order valence-electron chi connectivity index (χ0n) is 14.0. The maximum Gasteiger partial charge on any atom is 0.180 e. The maximum absolute atomic E-state index is 4.98. The highest BCUT2D eigenvalue weighted by Crippen LogP contribution is 2.30. The minimum Gasteiger partial charge on any atom is -0.351 e. The van der Waals surface area contributed by atoms with Gasteiger partial charge >= 0.3 is 0 Å². The van der Waals surface area contributed by atoms with Gasteiger partial charge in [-0.15, -0.1) is 0 Å². The lowest BCUT2D eigenvalue weighted by atomic mass is 10.0. The van der Waals surface area contributed by atoms with E-state index in [4.69, 9.17) is 4.98 Å². The molecule has 124 valence electrons. The minimum atomic E-state index is 0.521. The maximum atomic E-state index is 4.98. The summed E-state index contributed by atoms with van der Waals surface area (Å²) >= 11 is 0. The number of nitrogens with one attached hydrogen (secondary N) is 1. The number of hydrogen-bond donors (Lipinski definition) is 1. The van der Waals surface area contributed by atoms with Crippen LogP contribution in [0.1, 0.15) is 30.7 Å². The Bertz CT molecular complexity index is 905. The second-order valence-electron chi connectivity index (χ2n) is 6.86. The fourth-order valence-electron chi connectivity index (χ4n) is 3.51. The summed E-state index contributed by atoms with van der Waals surface area (Å²) < 4.78 is 4.18. The largest absolute Gasteiger partial charge is 0.351 e. The standard InChI is InChI=1S/C17H21N7/c1-11-3-5-23(11)17-16-19-4-6-24(16)12(2)15(21-17)22-9-14(20-10-22)13-7-18-8-13/h4,6,9-11,13,18H,3,5,7-8H2,1-2H3/t11-/m0/s1. The van der Waals surface area contributed by atoms with Gasteiger partial charge in [0.1, 0.15) is 6.33 Å². The number of imidazole rings is 2. The van der Waals surface area contributed by atoms with Crippen LogP contribution in [0.5, 0.6) is 0 Å². The lowest BCUT2D eigenvalue weighted by Crippen LogP contribution is -2.46. The van der Waals surface area contributed by atoms with Crippen LogP contribution in [0.3, 0.4) is 0 Å². The summed E-state index contributed by atoms with van der Waals surface area (Å²) in [4.78, 5) is 16.4. The summed E-state index contributed by atoms with van der Waals surface area (Å²) in [5.74, 6) is 2.43. The van der Waals surface area contributed by atoms with E-state index in [1.165, 1.54) is 6.42 Å². The van der Waals surface area contributed by atoms with Gasteiger partial charge < -0.3 is 10.2 Å². The van der Waals surface area contributed by atoms with E-state index in [1.54, 1.807) is 0 Å². The molecule has 7 nitrogen and oxygen atoms in total. The molecule has 24 heavy (non-hydrogen) atoms. The highest BCUT2D eigenvalue weighted by molar-refractivity contribution is 5.68. The van der Waals surface area contributed by atoms with Crippen LogP contribution < -0.4 is 10.2 Å². The molecule has 7 heteroatoms. The predicted molar refractivity (Wildman–Crippen MR) is 91.9 cm³/mol. The van der Waals surface area contributed by atoms with Gasteiger partial charge in [0.05, 0.1) is 11.4 Å². The molecule has 0 spiro atoms. The number of hydrogen-bond acceptors (Lipinski definition) is 5. The van der Waals surface area contributed by atoms with Crippen LogP contribution in [0.25, 0.3) is 11.5 Å². The van der Waals surface area contributed by atoms with Gasteiger partial charge in [-0.3, -0.25) is 8.97 Å². The lowest BCUT2D eigenvalue weighted by molar-refractivity contribution is 0.441. The topological polar surface area (TPSA) is 63.3 Å². The Hall–Kier alpha value is -2.41. The molecule has 3 aromatic heterocycles. The Morgan fingerprint density at radius 3 is 2.75 bits per heavy atom. The molecule has 5 rings (SSSR count). The summed E-state index contributed by atoms with van der Waals surface area (Å²) in [6.45, 7) is 7.40. The Morgan fingerprint density at radius 1 is 1.21 bits per heavy atom. The third kappa shape index (κ3) is 1.91. The van der Waals surface area contributed by atoms with Crippen LogP contribution >= 0.6 is 0 Å². The highest BCUT2D eigenvalue weighted by atomic mass is 15.3. The van der Waals surface area contributed by atoms with E-state index in [-0.39, 0.29) is 0 Å². The van der Waals surface area contributed by atoms with Gasteiger partial charge in [-0.1, -0.05) is 0 Å². The summed E-state index contributed by atoms with van der Waals surface area (Å²) in [6, 6.07) is 0.521. The first-order chi connectivity index (χ1) is 11.7. The molecule has 0 bridgehead atoms. The SMILES string of the molecule is Cc1c(-n2cnc(C3CNC3)c2)nc(N2CC[C@@H]2C)c2nccn12. The van der Waals surface area contributed by atoms with Crippen LogP contribution in [0.2, 0.25) is 0 Å². The first kappa shape index (κ1) is 14.0. The molecule has 0 saturated carbocycles. The highest BCUT2D eigenvalue weighted by Gasteiger charge is 2.29. The van der Waals surface area contributed by atoms with E-state index in [0.717, 1.165) is 48.3 Å². The quantitative estimate of drug-likeness (QED) is 0.791. The number of anilines is 1. The van der Waals surface area contributed by atoms with Crippen molar-refractivity contribution in [1.29, 1.82) is 0 Å². The average molecular weight is 323 g/mol. The van der Waals surface area contributed by atoms with E-state index in [2.05, 4.69) is 49.2 Å². The van der Waals surface area contributed by atoms with Crippen molar-refractivity contribution < 1.29 is 0 Å². The molecule has 0 aliphatic carbocycles. The molecule has 2 fully saturated rings. The molecular weight excluding hydrogens is 302 g/mol. The molecule has 0 aromatic carbocycles. The zero-order chi connectivity index (χ0) is 16.3. The molecule has 2 saturated heterocycles. The van der Waals surface area contributed by atoms with E-state index >= 15 is 0 Å². The minimum absolute atomic E-state index is 0.521. The van der Waals surface area contributed by atoms with Crippen LogP contribution in [-0.4, -0.2) is 49.6 Å². The molecule has 0 amide bonds. The molecule has 1 N–H and O–H groups in total. The van der Waals surface area contributed by atoms with Gasteiger partial charge in [-0.2, -0.15) is 0 Å². The second-order valence-corrected chi connectivity index (χ2v) is 6.86. The van der Waals surface area contributed by atoms with Crippen LogP contribution in [-0.2, 0) is 0 Å². The Kier molecular flexibility index (Phi) is 2.94. The number of nitrogens with zero attached hydrogens (tertiary/aromatic N) is 6. The van der Waals surface area contributed by atoms with E-state index in [0.29, 0.717) is 12.0 Å². The zero-order valence-corrected chi connectivity index (χ0v) is 14.0. The summed E-state index contributed by atoms with van der Waals surface area (Å²) in [7, 11) is 0. The van der Waals surface area contributed by atoms with Crippen LogP contribution in [0, 0.1) is 6.92 Å². The van der Waals surface area contributed by atoms with Gasteiger partial charge in [-0.25, -0.2) is 15.0 Å². The second kappa shape index (κ2) is 5.04. The van der Waals surface area contributed by atoms with Crippen LogP contribution in [0.15, 0.2) is 24.9 Å². The monoisotopic (exact) mass is 323 g/mol.